The molecule has 0 bridgehead atoms. The van der Waals surface area contributed by atoms with Crippen molar-refractivity contribution >= 4 is 80.4 Å². The highest BCUT2D eigenvalue weighted by molar-refractivity contribution is 7.26. The molecule has 13 aromatic rings. The molecule has 13 rings (SSSR count). The lowest BCUT2D eigenvalue weighted by Crippen LogP contribution is -2.02. The molecule has 4 nitrogen and oxygen atoms in total. The van der Waals surface area contributed by atoms with E-state index >= 15 is 0 Å². The summed E-state index contributed by atoms with van der Waals surface area (Å²) in [7, 11) is 0. The zero-order chi connectivity index (χ0) is 39.3. The van der Waals surface area contributed by atoms with E-state index in [1.807, 2.05) is 11.3 Å². The summed E-state index contributed by atoms with van der Waals surface area (Å²) in [5, 5.41) is 9.72. The highest BCUT2D eigenvalue weighted by atomic mass is 32.1. The Balaban J connectivity index is 1.17. The van der Waals surface area contributed by atoms with Crippen LogP contribution in [0.1, 0.15) is 0 Å². The van der Waals surface area contributed by atoms with E-state index in [0.29, 0.717) is 17.5 Å². The Morgan fingerprint density at radius 3 is 1.78 bits per heavy atom. The maximum absolute atomic E-state index is 5.53. The lowest BCUT2D eigenvalue weighted by molar-refractivity contribution is 1.08. The average Bonchev–Trinajstić information content (AvgIpc) is 3.83. The Morgan fingerprint density at radius 2 is 0.967 bits per heavy atom. The van der Waals surface area contributed by atoms with Crippen LogP contribution in [0, 0.1) is 0 Å². The minimum Gasteiger partial charge on any atom is -0.308 e. The van der Waals surface area contributed by atoms with Crippen LogP contribution in [0.3, 0.4) is 0 Å². The molecule has 0 N–H and O–H groups in total. The molecular weight excluding hydrogens is 749 g/mol. The summed E-state index contributed by atoms with van der Waals surface area (Å²) in [6.45, 7) is 0. The Hall–Kier alpha value is -7.73. The van der Waals surface area contributed by atoms with Crippen LogP contribution >= 0.6 is 11.3 Å². The van der Waals surface area contributed by atoms with E-state index in [1.54, 1.807) is 0 Å². The Morgan fingerprint density at radius 1 is 0.333 bits per heavy atom. The smallest absolute Gasteiger partial charge is 0.164 e. The van der Waals surface area contributed by atoms with Gasteiger partial charge in [0.2, 0.25) is 0 Å². The first-order chi connectivity index (χ1) is 29.7. The summed E-state index contributed by atoms with van der Waals surface area (Å²) in [6.07, 6.45) is 0. The van der Waals surface area contributed by atoms with Gasteiger partial charge in [-0.05, 0) is 80.9 Å². The second kappa shape index (κ2) is 12.9. The van der Waals surface area contributed by atoms with Crippen molar-refractivity contribution in [2.45, 2.75) is 0 Å². The first-order valence-electron chi connectivity index (χ1n) is 20.3. The van der Waals surface area contributed by atoms with Gasteiger partial charge in [-0.15, -0.1) is 11.3 Å². The molecule has 0 aliphatic carbocycles. The van der Waals surface area contributed by atoms with Gasteiger partial charge in [0.05, 0.1) is 16.6 Å². The van der Waals surface area contributed by atoms with Crippen molar-refractivity contribution in [2.24, 2.45) is 0 Å². The number of hydrogen-bond acceptors (Lipinski definition) is 4. The van der Waals surface area contributed by atoms with Gasteiger partial charge in [0, 0.05) is 53.0 Å². The van der Waals surface area contributed by atoms with E-state index in [1.165, 1.54) is 52.8 Å². The SMILES string of the molecule is c1ccc(-c2ccc(-c3nc(-c4ccc5ccccc5c4)nc(-c4cc5sc6cccc7c8ccccc8n8c9ccccc9c4c8c5c67)n3)c(-c3ccccc3)c2)cc1. The lowest BCUT2D eigenvalue weighted by atomic mass is 9.94. The Kier molecular flexibility index (Phi) is 7.14. The molecule has 0 spiro atoms. The van der Waals surface area contributed by atoms with Crippen LogP contribution in [0.25, 0.3) is 125 Å². The molecule has 0 amide bonds. The van der Waals surface area contributed by atoms with Gasteiger partial charge >= 0.3 is 0 Å². The standard InChI is InChI=1S/C55H32N4S/c1-3-14-33(15-4-1)37-28-29-41(43(31-37)35-17-5-2-6-18-35)54-56-53(38-27-26-34-16-7-8-19-36(34)30-38)57-55(58-54)44-32-48-51-50-40(22-13-25-47(50)60-48)39-20-9-11-23-45(39)59-46-24-12-10-21-42(46)49(44)52(51)59/h1-32H. The molecular formula is C55H32N4S. The molecule has 0 unspecified atom stereocenters. The predicted molar refractivity (Wildman–Crippen MR) is 252 cm³/mol. The van der Waals surface area contributed by atoms with Gasteiger partial charge in [0.25, 0.3) is 0 Å². The summed E-state index contributed by atoms with van der Waals surface area (Å²) in [5.74, 6) is 1.92. The number of benzene rings is 9. The van der Waals surface area contributed by atoms with Crippen LogP contribution in [0.4, 0.5) is 0 Å². The monoisotopic (exact) mass is 780 g/mol. The zero-order valence-electron chi connectivity index (χ0n) is 32.2. The minimum atomic E-state index is 0.631. The molecule has 0 aliphatic heterocycles. The molecule has 9 aromatic carbocycles. The van der Waals surface area contributed by atoms with Gasteiger partial charge in [-0.3, -0.25) is 0 Å². The second-order valence-electron chi connectivity index (χ2n) is 15.5. The third kappa shape index (κ3) is 4.93. The van der Waals surface area contributed by atoms with Gasteiger partial charge < -0.3 is 4.40 Å². The van der Waals surface area contributed by atoms with Crippen LogP contribution in [-0.4, -0.2) is 19.4 Å². The van der Waals surface area contributed by atoms with Gasteiger partial charge in [-0.2, -0.15) is 0 Å². The van der Waals surface area contributed by atoms with E-state index < -0.39 is 0 Å². The first-order valence-corrected chi connectivity index (χ1v) is 21.1. The van der Waals surface area contributed by atoms with Gasteiger partial charge in [0.15, 0.2) is 17.5 Å². The second-order valence-corrected chi connectivity index (χ2v) is 16.6. The van der Waals surface area contributed by atoms with Crippen molar-refractivity contribution < 1.29 is 0 Å². The first kappa shape index (κ1) is 33.3. The molecule has 0 radical (unpaired) electrons. The van der Waals surface area contributed by atoms with Gasteiger partial charge in [0.1, 0.15) is 0 Å². The highest BCUT2D eigenvalue weighted by Crippen LogP contribution is 2.49. The average molecular weight is 781 g/mol. The maximum atomic E-state index is 5.53. The fourth-order valence-corrected chi connectivity index (χ4v) is 10.7. The third-order valence-electron chi connectivity index (χ3n) is 12.2. The van der Waals surface area contributed by atoms with Crippen molar-refractivity contribution in [3.63, 3.8) is 0 Å². The lowest BCUT2D eigenvalue weighted by Gasteiger charge is -2.15. The van der Waals surface area contributed by atoms with Gasteiger partial charge in [-0.1, -0.05) is 152 Å². The number of aromatic nitrogens is 4. The topological polar surface area (TPSA) is 43.1 Å². The predicted octanol–water partition coefficient (Wildman–Crippen LogP) is 14.9. The number of thiophene rings is 1. The van der Waals surface area contributed by atoms with Crippen molar-refractivity contribution in [1.29, 1.82) is 0 Å². The van der Waals surface area contributed by atoms with Crippen LogP contribution in [-0.2, 0) is 0 Å². The molecule has 278 valence electrons. The van der Waals surface area contributed by atoms with E-state index in [4.69, 9.17) is 15.0 Å². The van der Waals surface area contributed by atoms with Crippen molar-refractivity contribution in [3.05, 3.63) is 194 Å². The molecule has 0 aliphatic rings. The van der Waals surface area contributed by atoms with Crippen LogP contribution in [0.5, 0.6) is 0 Å². The summed E-state index contributed by atoms with van der Waals surface area (Å²) < 4.78 is 4.97. The largest absolute Gasteiger partial charge is 0.308 e. The number of para-hydroxylation sites is 2. The third-order valence-corrected chi connectivity index (χ3v) is 13.3. The summed E-state index contributed by atoms with van der Waals surface area (Å²) in [5.41, 5.74) is 10.9. The van der Waals surface area contributed by atoms with Crippen LogP contribution in [0.2, 0.25) is 0 Å². The van der Waals surface area contributed by atoms with E-state index in [0.717, 1.165) is 55.2 Å². The Labute approximate surface area is 348 Å². The number of fused-ring (bicyclic) bond motifs is 7. The Bertz CT molecular complexity index is 3830. The summed E-state index contributed by atoms with van der Waals surface area (Å²) in [6, 6.07) is 69.5. The zero-order valence-corrected chi connectivity index (χ0v) is 33.0. The quantitative estimate of drug-likeness (QED) is 0.175. The fourth-order valence-electron chi connectivity index (χ4n) is 9.48. The van der Waals surface area contributed by atoms with Crippen molar-refractivity contribution in [1.82, 2.24) is 19.4 Å². The number of rotatable bonds is 5. The van der Waals surface area contributed by atoms with Crippen LogP contribution in [0.15, 0.2) is 194 Å². The molecule has 0 saturated heterocycles. The van der Waals surface area contributed by atoms with Crippen molar-refractivity contribution in [2.75, 3.05) is 0 Å². The molecule has 5 heteroatoms. The molecule has 60 heavy (non-hydrogen) atoms. The molecule has 0 fully saturated rings. The van der Waals surface area contributed by atoms with E-state index in [2.05, 4.69) is 199 Å². The normalized spacial score (nSPS) is 12.0. The molecule has 0 saturated carbocycles. The van der Waals surface area contributed by atoms with Crippen LogP contribution < -0.4 is 0 Å². The summed E-state index contributed by atoms with van der Waals surface area (Å²) in [4.78, 5) is 16.4. The van der Waals surface area contributed by atoms with Crippen molar-refractivity contribution in [3.8, 4) is 56.4 Å². The summed E-state index contributed by atoms with van der Waals surface area (Å²) >= 11 is 1.84. The molecule has 0 atom stereocenters. The fraction of sp³-hybridized carbons (Fsp3) is 0. The number of nitrogens with zero attached hydrogens (tertiary/aromatic N) is 4. The highest BCUT2D eigenvalue weighted by Gasteiger charge is 2.25. The van der Waals surface area contributed by atoms with Gasteiger partial charge in [-0.25, -0.2) is 15.0 Å². The van der Waals surface area contributed by atoms with E-state index in [9.17, 15) is 0 Å². The molecule has 4 heterocycles. The molecule has 4 aromatic heterocycles. The minimum absolute atomic E-state index is 0.631. The maximum Gasteiger partial charge on any atom is 0.164 e. The number of hydrogen-bond donors (Lipinski definition) is 0. The van der Waals surface area contributed by atoms with E-state index in [-0.39, 0.29) is 0 Å².